The Morgan fingerprint density at radius 3 is 1.29 bits per heavy atom. The molecule has 0 aliphatic carbocycles. The molecule has 0 fully saturated rings. The van der Waals surface area contributed by atoms with Crippen LogP contribution in [0.4, 0.5) is 0 Å². The molecule has 0 aromatic carbocycles. The Morgan fingerprint density at radius 2 is 0.839 bits per heavy atom. The molecule has 0 bridgehead atoms. The number of aliphatic hydroxyl groups excluding tert-OH is 2. The minimum absolute atomic E-state index is 0.0183. The molecule has 56 heavy (non-hydrogen) atoms. The van der Waals surface area contributed by atoms with Crippen molar-refractivity contribution in [2.45, 2.75) is 283 Å². The number of allylic oxidation sites excluding steroid dienone is 2. The molecule has 0 aromatic rings. The molecule has 1 amide bonds. The van der Waals surface area contributed by atoms with E-state index in [1.54, 1.807) is 0 Å². The van der Waals surface area contributed by atoms with Crippen LogP contribution in [-0.2, 0) is 14.3 Å². The van der Waals surface area contributed by atoms with Crippen molar-refractivity contribution in [3.63, 3.8) is 0 Å². The summed E-state index contributed by atoms with van der Waals surface area (Å²) in [7, 11) is 0. The van der Waals surface area contributed by atoms with E-state index in [1.807, 2.05) is 0 Å². The SMILES string of the molecule is CCCCCC/C=C\CCCCCCCC(=O)OCCCCCCCCCCCCCCC(=O)NC(CO)C(O)CCCCCCCCCCCCCCCC. The average molecular weight is 792 g/mol. The number of carbonyl (C=O) groups is 2. The van der Waals surface area contributed by atoms with Gasteiger partial charge in [-0.15, -0.1) is 0 Å². The minimum atomic E-state index is -0.673. The summed E-state index contributed by atoms with van der Waals surface area (Å²) in [6.45, 7) is 4.90. The molecule has 6 heteroatoms. The number of esters is 1. The number of aliphatic hydroxyl groups is 2. The van der Waals surface area contributed by atoms with Crippen LogP contribution in [0.15, 0.2) is 12.2 Å². The third-order valence-electron chi connectivity index (χ3n) is 11.6. The fourth-order valence-electron chi connectivity index (χ4n) is 7.69. The predicted octanol–water partition coefficient (Wildman–Crippen LogP) is 14.6. The zero-order valence-electron chi connectivity index (χ0n) is 37.6. The standard InChI is InChI=1S/C50H97NO5/c1-3-5-7-9-11-13-15-17-19-22-26-30-34-38-42-48(53)47(46-52)51-49(54)43-39-35-31-27-23-20-21-25-29-33-37-41-45-56-50(55)44-40-36-32-28-24-18-16-14-12-10-8-6-4-2/h14,16,47-48,52-53H,3-13,15,17-46H2,1-2H3,(H,51,54)/b16-14-. The molecule has 0 aliphatic rings. The monoisotopic (exact) mass is 792 g/mol. The van der Waals surface area contributed by atoms with Crippen molar-refractivity contribution in [2.75, 3.05) is 13.2 Å². The highest BCUT2D eigenvalue weighted by Gasteiger charge is 2.20. The second kappa shape index (κ2) is 46.3. The number of nitrogens with one attached hydrogen (secondary N) is 1. The van der Waals surface area contributed by atoms with E-state index in [1.165, 1.54) is 180 Å². The normalized spacial score (nSPS) is 12.7. The first-order valence-electron chi connectivity index (χ1n) is 24.9. The lowest BCUT2D eigenvalue weighted by molar-refractivity contribution is -0.143. The molecule has 0 saturated heterocycles. The van der Waals surface area contributed by atoms with Gasteiger partial charge in [0, 0.05) is 12.8 Å². The molecule has 0 rings (SSSR count). The maximum atomic E-state index is 12.4. The van der Waals surface area contributed by atoms with Crippen molar-refractivity contribution < 1.29 is 24.5 Å². The molecule has 3 N–H and O–H groups in total. The van der Waals surface area contributed by atoms with E-state index in [4.69, 9.17) is 4.74 Å². The molecule has 0 spiro atoms. The Bertz CT molecular complexity index is 832. The maximum Gasteiger partial charge on any atom is 0.305 e. The van der Waals surface area contributed by atoms with Gasteiger partial charge in [0.1, 0.15) is 0 Å². The van der Waals surface area contributed by atoms with Gasteiger partial charge in [-0.3, -0.25) is 9.59 Å². The van der Waals surface area contributed by atoms with Gasteiger partial charge in [0.05, 0.1) is 25.4 Å². The predicted molar refractivity (Wildman–Crippen MR) is 241 cm³/mol. The Labute approximate surface area is 349 Å². The summed E-state index contributed by atoms with van der Waals surface area (Å²) < 4.78 is 5.45. The number of hydrogen-bond acceptors (Lipinski definition) is 5. The van der Waals surface area contributed by atoms with E-state index in [2.05, 4.69) is 31.3 Å². The zero-order chi connectivity index (χ0) is 40.8. The second-order valence-electron chi connectivity index (χ2n) is 17.1. The lowest BCUT2D eigenvalue weighted by Gasteiger charge is -2.22. The number of ether oxygens (including phenoxy) is 1. The van der Waals surface area contributed by atoms with E-state index in [0.29, 0.717) is 25.9 Å². The third-order valence-corrected chi connectivity index (χ3v) is 11.6. The first kappa shape index (κ1) is 54.6. The van der Waals surface area contributed by atoms with Crippen LogP contribution in [0.25, 0.3) is 0 Å². The number of unbranched alkanes of at least 4 members (excludes halogenated alkanes) is 33. The average Bonchev–Trinajstić information content (AvgIpc) is 3.20. The van der Waals surface area contributed by atoms with E-state index < -0.39 is 12.1 Å². The van der Waals surface area contributed by atoms with Gasteiger partial charge in [0.2, 0.25) is 5.91 Å². The van der Waals surface area contributed by atoms with Crippen molar-refractivity contribution in [3.8, 4) is 0 Å². The Morgan fingerprint density at radius 1 is 0.482 bits per heavy atom. The molecular weight excluding hydrogens is 695 g/mol. The number of rotatable bonds is 46. The lowest BCUT2D eigenvalue weighted by Crippen LogP contribution is -2.45. The molecule has 332 valence electrons. The Hall–Kier alpha value is -1.40. The topological polar surface area (TPSA) is 95.9 Å². The van der Waals surface area contributed by atoms with Gasteiger partial charge in [-0.1, -0.05) is 219 Å². The van der Waals surface area contributed by atoms with E-state index in [9.17, 15) is 19.8 Å². The third kappa shape index (κ3) is 42.2. The lowest BCUT2D eigenvalue weighted by atomic mass is 10.0. The highest BCUT2D eigenvalue weighted by Crippen LogP contribution is 2.16. The number of hydrogen-bond donors (Lipinski definition) is 3. The van der Waals surface area contributed by atoms with Crippen molar-refractivity contribution in [1.82, 2.24) is 5.32 Å². The van der Waals surface area contributed by atoms with Crippen LogP contribution in [-0.4, -0.2) is 47.4 Å². The van der Waals surface area contributed by atoms with Crippen molar-refractivity contribution in [2.24, 2.45) is 0 Å². The van der Waals surface area contributed by atoms with Crippen LogP contribution in [0.3, 0.4) is 0 Å². The van der Waals surface area contributed by atoms with E-state index >= 15 is 0 Å². The van der Waals surface area contributed by atoms with Crippen molar-refractivity contribution >= 4 is 11.9 Å². The fraction of sp³-hybridized carbons (Fsp3) is 0.920. The molecule has 0 saturated carbocycles. The quantitative estimate of drug-likeness (QED) is 0.0324. The van der Waals surface area contributed by atoms with Crippen LogP contribution >= 0.6 is 0 Å². The Balaban J connectivity index is 3.47. The maximum absolute atomic E-state index is 12.4. The molecule has 0 heterocycles. The number of amides is 1. The van der Waals surface area contributed by atoms with Crippen molar-refractivity contribution in [1.29, 1.82) is 0 Å². The van der Waals surface area contributed by atoms with Gasteiger partial charge in [0.15, 0.2) is 0 Å². The second-order valence-corrected chi connectivity index (χ2v) is 17.1. The van der Waals surface area contributed by atoms with Crippen LogP contribution in [0, 0.1) is 0 Å². The van der Waals surface area contributed by atoms with Gasteiger partial charge in [-0.2, -0.15) is 0 Å². The van der Waals surface area contributed by atoms with E-state index in [0.717, 1.165) is 57.8 Å². The zero-order valence-corrected chi connectivity index (χ0v) is 37.6. The smallest absolute Gasteiger partial charge is 0.305 e. The first-order chi connectivity index (χ1) is 27.5. The molecule has 0 aromatic heterocycles. The highest BCUT2D eigenvalue weighted by molar-refractivity contribution is 5.76. The summed E-state index contributed by atoms with van der Waals surface area (Å²) in [5.74, 6) is -0.0687. The van der Waals surface area contributed by atoms with Gasteiger partial charge in [-0.25, -0.2) is 0 Å². The van der Waals surface area contributed by atoms with Crippen molar-refractivity contribution in [3.05, 3.63) is 12.2 Å². The summed E-state index contributed by atoms with van der Waals surface area (Å²) >= 11 is 0. The van der Waals surface area contributed by atoms with Crippen LogP contribution in [0.1, 0.15) is 271 Å². The summed E-state index contributed by atoms with van der Waals surface area (Å²) in [5.41, 5.74) is 0. The molecular formula is C50H97NO5. The summed E-state index contributed by atoms with van der Waals surface area (Å²) in [5, 5.41) is 23.2. The molecule has 6 nitrogen and oxygen atoms in total. The molecule has 2 unspecified atom stereocenters. The molecule has 2 atom stereocenters. The van der Waals surface area contributed by atoms with Gasteiger partial charge in [-0.05, 0) is 51.4 Å². The summed E-state index contributed by atoms with van der Waals surface area (Å²) in [6.07, 6.45) is 51.7. The van der Waals surface area contributed by atoms with E-state index in [-0.39, 0.29) is 18.5 Å². The highest BCUT2D eigenvalue weighted by atomic mass is 16.5. The Kier molecular flexibility index (Phi) is 45.1. The van der Waals surface area contributed by atoms with Crippen LogP contribution in [0.2, 0.25) is 0 Å². The first-order valence-corrected chi connectivity index (χ1v) is 24.9. The largest absolute Gasteiger partial charge is 0.466 e. The van der Waals surface area contributed by atoms with Crippen LogP contribution < -0.4 is 5.32 Å². The minimum Gasteiger partial charge on any atom is -0.466 e. The van der Waals surface area contributed by atoms with Gasteiger partial charge in [0.25, 0.3) is 0 Å². The van der Waals surface area contributed by atoms with Crippen LogP contribution in [0.5, 0.6) is 0 Å². The molecule has 0 aliphatic heterocycles. The fourth-order valence-corrected chi connectivity index (χ4v) is 7.69. The molecule has 0 radical (unpaired) electrons. The summed E-state index contributed by atoms with van der Waals surface area (Å²) in [6, 6.07) is -0.552. The summed E-state index contributed by atoms with van der Waals surface area (Å²) in [4.78, 5) is 24.4. The van der Waals surface area contributed by atoms with Gasteiger partial charge < -0.3 is 20.3 Å². The number of carbonyl (C=O) groups excluding carboxylic acids is 2. The van der Waals surface area contributed by atoms with Gasteiger partial charge >= 0.3 is 5.97 Å².